The molecule has 0 aliphatic carbocycles. The van der Waals surface area contributed by atoms with E-state index >= 15 is 4.79 Å². The van der Waals surface area contributed by atoms with Gasteiger partial charge in [0, 0.05) is 41.7 Å². The van der Waals surface area contributed by atoms with Crippen molar-refractivity contribution in [2.75, 3.05) is 30.1 Å². The first-order valence-electron chi connectivity index (χ1n) is 19.3. The van der Waals surface area contributed by atoms with Crippen LogP contribution in [0.15, 0.2) is 91.0 Å². The van der Waals surface area contributed by atoms with Crippen LogP contribution in [0.3, 0.4) is 0 Å². The van der Waals surface area contributed by atoms with E-state index in [1.54, 1.807) is 23.0 Å². The van der Waals surface area contributed by atoms with Crippen LogP contribution in [0, 0.1) is 5.92 Å². The second-order valence-electron chi connectivity index (χ2n) is 16.1. The Balaban J connectivity index is 1.16. The Kier molecular flexibility index (Phi) is 9.90. The summed E-state index contributed by atoms with van der Waals surface area (Å²) in [5, 5.41) is 12.2. The molecule has 1 N–H and O–H groups in total. The highest BCUT2D eigenvalue weighted by Crippen LogP contribution is 2.60. The van der Waals surface area contributed by atoms with Crippen LogP contribution >= 0.6 is 11.6 Å². The third-order valence-corrected chi connectivity index (χ3v) is 17.3. The number of hydrogen-bond donors (Lipinski definition) is 1. The third kappa shape index (κ3) is 6.37. The quantitative estimate of drug-likeness (QED) is 0.193. The number of halogens is 1. The van der Waals surface area contributed by atoms with E-state index in [9.17, 15) is 14.7 Å². The molecule has 0 unspecified atom stereocenters. The Morgan fingerprint density at radius 2 is 1.73 bits per heavy atom. The predicted molar refractivity (Wildman–Crippen MR) is 216 cm³/mol. The molecule has 0 aromatic heterocycles. The lowest BCUT2D eigenvalue weighted by Crippen LogP contribution is -2.52. The molecule has 5 atom stereocenters. The molecule has 4 heterocycles. The summed E-state index contributed by atoms with van der Waals surface area (Å²) in [6.07, 6.45) is 1.47. The lowest BCUT2D eigenvalue weighted by atomic mass is 9.82. The maximum Gasteiger partial charge on any atom is 0.264 e. The van der Waals surface area contributed by atoms with Gasteiger partial charge in [-0.15, -0.1) is 0 Å². The standard InChI is InChI=1S/C44H48ClN3O6Si/c1-28-42(55(3,4)36-18-16-35(53-2)17-19-36)39(24-41(51)47-26-31-9-6-5-8-30(31)22-34(47)27-49)54-44(28)37-23-32(45)13-20-38(37)48(43(44)52)25-29-11-14-33(15-12-29)46-21-7-10-40(46)50/h5-6,8-9,11-20,23,28,34,39,42,49H,7,10,21-22,24-27H2,1-4H3/t28-,34+,39+,42-,44+/m1/s1. The van der Waals surface area contributed by atoms with Crippen LogP contribution in [0.1, 0.15) is 48.4 Å². The first-order chi connectivity index (χ1) is 26.5. The maximum atomic E-state index is 15.3. The summed E-state index contributed by atoms with van der Waals surface area (Å²) in [5.74, 6) is 0.303. The van der Waals surface area contributed by atoms with Crippen molar-refractivity contribution in [2.24, 2.45) is 5.92 Å². The van der Waals surface area contributed by atoms with Gasteiger partial charge in [-0.05, 0) is 77.5 Å². The molecule has 0 radical (unpaired) electrons. The number of methoxy groups -OCH3 is 1. The number of carbonyl (C=O) groups excluding carboxylic acids is 3. The van der Waals surface area contributed by atoms with E-state index in [0.717, 1.165) is 45.8 Å². The first kappa shape index (κ1) is 37.4. The van der Waals surface area contributed by atoms with E-state index in [1.807, 2.05) is 71.6 Å². The lowest BCUT2D eigenvalue weighted by molar-refractivity contribution is -0.151. The number of ether oxygens (including phenoxy) is 2. The zero-order chi connectivity index (χ0) is 38.6. The summed E-state index contributed by atoms with van der Waals surface area (Å²) in [5.41, 5.74) is 3.93. The monoisotopic (exact) mass is 777 g/mol. The molecule has 286 valence electrons. The van der Waals surface area contributed by atoms with Crippen molar-refractivity contribution in [3.8, 4) is 5.75 Å². The summed E-state index contributed by atoms with van der Waals surface area (Å²) in [7, 11) is -0.873. The summed E-state index contributed by atoms with van der Waals surface area (Å²) in [6, 6.07) is 29.3. The molecule has 4 aromatic carbocycles. The first-order valence-corrected chi connectivity index (χ1v) is 22.7. The van der Waals surface area contributed by atoms with E-state index in [2.05, 4.69) is 38.2 Å². The molecule has 11 heteroatoms. The van der Waals surface area contributed by atoms with E-state index in [0.29, 0.717) is 37.5 Å². The van der Waals surface area contributed by atoms with Crippen LogP contribution in [0.2, 0.25) is 23.7 Å². The number of hydrogen-bond acceptors (Lipinski definition) is 6. The predicted octanol–water partition coefficient (Wildman–Crippen LogP) is 6.57. The Labute approximate surface area is 328 Å². The molecule has 4 aliphatic rings. The minimum absolute atomic E-state index is 0.0713. The number of benzene rings is 4. The van der Waals surface area contributed by atoms with Gasteiger partial charge in [0.1, 0.15) is 5.75 Å². The number of nitrogens with zero attached hydrogens (tertiary/aromatic N) is 3. The molecule has 8 rings (SSSR count). The lowest BCUT2D eigenvalue weighted by Gasteiger charge is -2.39. The van der Waals surface area contributed by atoms with Crippen molar-refractivity contribution in [2.45, 2.75) is 82.1 Å². The van der Waals surface area contributed by atoms with Gasteiger partial charge in [0.25, 0.3) is 5.91 Å². The molecule has 4 aliphatic heterocycles. The van der Waals surface area contributed by atoms with E-state index in [1.165, 1.54) is 5.19 Å². The van der Waals surface area contributed by atoms with Gasteiger partial charge in [0.05, 0.1) is 52.6 Å². The number of aliphatic hydroxyl groups is 1. The number of amides is 3. The van der Waals surface area contributed by atoms with E-state index in [4.69, 9.17) is 21.1 Å². The SMILES string of the molecule is COc1ccc([Si](C)(C)[C@H]2[C@H](CC(=O)N3Cc4ccccc4C[C@H]3CO)O[C@@]3(C(=O)N(Cc4ccc(N5CCCC5=O)cc4)c4ccc(Cl)cc43)[C@@H]2C)cc1. The summed E-state index contributed by atoms with van der Waals surface area (Å²) < 4.78 is 12.7. The molecule has 3 amide bonds. The average molecular weight is 778 g/mol. The summed E-state index contributed by atoms with van der Waals surface area (Å²) >= 11 is 6.72. The van der Waals surface area contributed by atoms with Gasteiger partial charge in [0.15, 0.2) is 5.60 Å². The number of fused-ring (bicyclic) bond motifs is 3. The Morgan fingerprint density at radius 3 is 2.40 bits per heavy atom. The molecule has 1 spiro atoms. The number of carbonyl (C=O) groups is 3. The van der Waals surface area contributed by atoms with Crippen LogP contribution < -0.4 is 19.7 Å². The van der Waals surface area contributed by atoms with Gasteiger partial charge in [-0.1, -0.05) is 85.3 Å². The van der Waals surface area contributed by atoms with Crippen molar-refractivity contribution < 1.29 is 29.0 Å². The van der Waals surface area contributed by atoms with Gasteiger partial charge < -0.3 is 29.3 Å². The molecule has 0 bridgehead atoms. The smallest absolute Gasteiger partial charge is 0.264 e. The fourth-order valence-corrected chi connectivity index (χ4v) is 14.0. The van der Waals surface area contributed by atoms with Crippen molar-refractivity contribution in [3.63, 3.8) is 0 Å². The fraction of sp³-hybridized carbons (Fsp3) is 0.386. The van der Waals surface area contributed by atoms with Crippen LogP contribution in [-0.4, -0.2) is 68.2 Å². The molecule has 4 aromatic rings. The molecule has 0 saturated carbocycles. The zero-order valence-corrected chi connectivity index (χ0v) is 33.6. The highest BCUT2D eigenvalue weighted by molar-refractivity contribution is 6.91. The highest BCUT2D eigenvalue weighted by atomic mass is 35.5. The Bertz CT molecular complexity index is 2130. The second kappa shape index (κ2) is 14.5. The number of anilines is 2. The van der Waals surface area contributed by atoms with Crippen molar-refractivity contribution >= 4 is 54.0 Å². The second-order valence-corrected chi connectivity index (χ2v) is 21.2. The minimum Gasteiger partial charge on any atom is -0.497 e. The van der Waals surface area contributed by atoms with E-state index in [-0.39, 0.29) is 48.3 Å². The van der Waals surface area contributed by atoms with Crippen LogP contribution in [0.25, 0.3) is 0 Å². The molecule has 2 saturated heterocycles. The van der Waals surface area contributed by atoms with Gasteiger partial charge >= 0.3 is 0 Å². The van der Waals surface area contributed by atoms with E-state index < -0.39 is 19.8 Å². The summed E-state index contributed by atoms with van der Waals surface area (Å²) in [6.45, 7) is 7.98. The molecule has 9 nitrogen and oxygen atoms in total. The molecular formula is C44H48ClN3O6Si. The summed E-state index contributed by atoms with van der Waals surface area (Å²) in [4.78, 5) is 47.6. The normalized spacial score (nSPS) is 24.8. The van der Waals surface area contributed by atoms with Gasteiger partial charge in [-0.3, -0.25) is 14.4 Å². The van der Waals surface area contributed by atoms with Crippen molar-refractivity contribution in [1.29, 1.82) is 0 Å². The van der Waals surface area contributed by atoms with Crippen LogP contribution in [-0.2, 0) is 44.2 Å². The Hall–Kier alpha value is -4.48. The van der Waals surface area contributed by atoms with Gasteiger partial charge in [0.2, 0.25) is 11.8 Å². The Morgan fingerprint density at radius 1 is 1.00 bits per heavy atom. The number of aliphatic hydroxyl groups excluding tert-OH is 1. The topological polar surface area (TPSA) is 99.6 Å². The maximum absolute atomic E-state index is 15.3. The van der Waals surface area contributed by atoms with Crippen LogP contribution in [0.4, 0.5) is 11.4 Å². The molecule has 2 fully saturated rings. The number of rotatable bonds is 9. The zero-order valence-electron chi connectivity index (χ0n) is 31.8. The minimum atomic E-state index is -2.52. The highest BCUT2D eigenvalue weighted by Gasteiger charge is 2.66. The van der Waals surface area contributed by atoms with Crippen molar-refractivity contribution in [3.05, 3.63) is 118 Å². The average Bonchev–Trinajstić information content (AvgIpc) is 3.82. The third-order valence-electron chi connectivity index (χ3n) is 12.7. The molecular weight excluding hydrogens is 730 g/mol. The van der Waals surface area contributed by atoms with Gasteiger partial charge in [-0.2, -0.15) is 0 Å². The van der Waals surface area contributed by atoms with Crippen molar-refractivity contribution in [1.82, 2.24) is 4.90 Å². The fourth-order valence-electron chi connectivity index (χ4n) is 9.86. The largest absolute Gasteiger partial charge is 0.497 e. The molecule has 55 heavy (non-hydrogen) atoms. The van der Waals surface area contributed by atoms with Gasteiger partial charge in [-0.25, -0.2) is 0 Å². The van der Waals surface area contributed by atoms with Crippen LogP contribution in [0.5, 0.6) is 5.75 Å².